The number of hydrogen-bond donors (Lipinski definition) is 1. The summed E-state index contributed by atoms with van der Waals surface area (Å²) in [6, 6.07) is 5.12. The Balaban J connectivity index is 2.22. The predicted octanol–water partition coefficient (Wildman–Crippen LogP) is 1.55. The van der Waals surface area contributed by atoms with Crippen LogP contribution in [0, 0.1) is 0 Å². The molecule has 7 heteroatoms. The van der Waals surface area contributed by atoms with E-state index in [2.05, 4.69) is 5.32 Å². The van der Waals surface area contributed by atoms with E-state index in [1.165, 1.54) is 14.2 Å². The number of nitrogens with zero attached hydrogens (tertiary/aromatic N) is 1. The van der Waals surface area contributed by atoms with E-state index in [-0.39, 0.29) is 29.8 Å². The van der Waals surface area contributed by atoms with Gasteiger partial charge in [0.25, 0.3) is 0 Å². The Hall–Kier alpha value is -2.15. The number of carbonyl (C=O) groups excluding carboxylic acids is 2. The second kappa shape index (κ2) is 5.87. The molecule has 1 aliphatic rings. The summed E-state index contributed by atoms with van der Waals surface area (Å²) in [6.45, 7) is 0. The number of benzene rings is 1. The van der Waals surface area contributed by atoms with E-state index in [9.17, 15) is 9.59 Å². The number of hydrogen-bond acceptors (Lipinski definition) is 5. The van der Waals surface area contributed by atoms with E-state index in [4.69, 9.17) is 21.7 Å². The van der Waals surface area contributed by atoms with Gasteiger partial charge in [-0.2, -0.15) is 0 Å². The monoisotopic (exact) mass is 294 g/mol. The van der Waals surface area contributed by atoms with E-state index in [0.29, 0.717) is 17.2 Å². The van der Waals surface area contributed by atoms with Gasteiger partial charge in [-0.1, -0.05) is 0 Å². The summed E-state index contributed by atoms with van der Waals surface area (Å²) in [6.07, 6.45) is 0.381. The lowest BCUT2D eigenvalue weighted by atomic mass is 10.2. The molecule has 0 radical (unpaired) electrons. The van der Waals surface area contributed by atoms with Gasteiger partial charge in [-0.3, -0.25) is 9.59 Å². The first kappa shape index (κ1) is 14.3. The molecule has 1 heterocycles. The molecule has 0 atom stereocenters. The number of rotatable bonds is 3. The first-order valence-electron chi connectivity index (χ1n) is 5.95. The van der Waals surface area contributed by atoms with Gasteiger partial charge in [0.2, 0.25) is 11.8 Å². The highest BCUT2D eigenvalue weighted by Gasteiger charge is 2.32. The molecular weight excluding hydrogens is 280 g/mol. The molecule has 1 N–H and O–H groups in total. The van der Waals surface area contributed by atoms with E-state index in [1.807, 2.05) is 0 Å². The highest BCUT2D eigenvalue weighted by molar-refractivity contribution is 7.80. The van der Waals surface area contributed by atoms with Crippen LogP contribution in [0.4, 0.5) is 5.69 Å². The molecule has 0 unspecified atom stereocenters. The maximum absolute atomic E-state index is 11.6. The van der Waals surface area contributed by atoms with Crippen molar-refractivity contribution in [3.8, 4) is 11.5 Å². The maximum atomic E-state index is 11.6. The van der Waals surface area contributed by atoms with Crippen LogP contribution in [-0.4, -0.2) is 36.0 Å². The molecule has 0 bridgehead atoms. The summed E-state index contributed by atoms with van der Waals surface area (Å²) in [4.78, 5) is 24.2. The molecule has 0 aromatic heterocycles. The maximum Gasteiger partial charge on any atom is 0.236 e. The summed E-state index contributed by atoms with van der Waals surface area (Å²) >= 11 is 5.11. The zero-order valence-electron chi connectivity index (χ0n) is 11.1. The molecule has 2 rings (SSSR count). The normalized spacial score (nSPS) is 14.4. The third kappa shape index (κ3) is 2.72. The van der Waals surface area contributed by atoms with Crippen LogP contribution in [-0.2, 0) is 9.59 Å². The van der Waals surface area contributed by atoms with E-state index < -0.39 is 0 Å². The molecule has 0 spiro atoms. The van der Waals surface area contributed by atoms with Gasteiger partial charge in [0, 0.05) is 18.9 Å². The molecule has 0 saturated carbocycles. The molecule has 1 saturated heterocycles. The number of nitrogens with one attached hydrogen (secondary N) is 1. The van der Waals surface area contributed by atoms with Gasteiger partial charge in [0.1, 0.15) is 11.5 Å². The average Bonchev–Trinajstić information content (AvgIpc) is 2.78. The second-order valence-corrected chi connectivity index (χ2v) is 4.51. The van der Waals surface area contributed by atoms with Gasteiger partial charge in [-0.15, -0.1) is 0 Å². The van der Waals surface area contributed by atoms with Crippen LogP contribution in [0.5, 0.6) is 11.5 Å². The standard InChI is InChI=1S/C13H14N2O4S/c1-18-8-3-4-10(19-2)9(7-8)14-13(20)15-11(16)5-6-12(15)17/h3-4,7H,5-6H2,1-2H3,(H,14,20). The van der Waals surface area contributed by atoms with Crippen LogP contribution < -0.4 is 14.8 Å². The smallest absolute Gasteiger partial charge is 0.236 e. The predicted molar refractivity (Wildman–Crippen MR) is 76.9 cm³/mol. The average molecular weight is 294 g/mol. The van der Waals surface area contributed by atoms with Crippen molar-refractivity contribution < 1.29 is 19.1 Å². The number of thiocarbonyl (C=S) groups is 1. The minimum atomic E-state index is -0.297. The molecule has 1 aliphatic heterocycles. The van der Waals surface area contributed by atoms with Crippen molar-refractivity contribution >= 4 is 34.8 Å². The number of anilines is 1. The molecule has 0 aliphatic carbocycles. The Morgan fingerprint density at radius 2 is 1.85 bits per heavy atom. The Kier molecular flexibility index (Phi) is 4.19. The fraction of sp³-hybridized carbons (Fsp3) is 0.308. The van der Waals surface area contributed by atoms with Crippen LogP contribution in [0.1, 0.15) is 12.8 Å². The topological polar surface area (TPSA) is 67.9 Å². The van der Waals surface area contributed by atoms with Crippen molar-refractivity contribution in [1.82, 2.24) is 4.90 Å². The first-order valence-corrected chi connectivity index (χ1v) is 6.36. The minimum absolute atomic E-state index is 0.0454. The van der Waals surface area contributed by atoms with Crippen molar-refractivity contribution in [2.24, 2.45) is 0 Å². The number of imide groups is 1. The van der Waals surface area contributed by atoms with Crippen molar-refractivity contribution in [3.63, 3.8) is 0 Å². The summed E-state index contributed by atoms with van der Waals surface area (Å²) in [5, 5.41) is 2.90. The number of carbonyl (C=O) groups is 2. The third-order valence-electron chi connectivity index (χ3n) is 2.90. The fourth-order valence-corrected chi connectivity index (χ4v) is 2.20. The van der Waals surface area contributed by atoms with Gasteiger partial charge in [0.15, 0.2) is 5.11 Å². The van der Waals surface area contributed by atoms with Gasteiger partial charge < -0.3 is 14.8 Å². The molecule has 1 aromatic carbocycles. The number of likely N-dealkylation sites (tertiary alicyclic amines) is 1. The summed E-state index contributed by atoms with van der Waals surface area (Å²) in [7, 11) is 3.06. The quantitative estimate of drug-likeness (QED) is 0.674. The fourth-order valence-electron chi connectivity index (χ4n) is 1.89. The van der Waals surface area contributed by atoms with Gasteiger partial charge in [0.05, 0.1) is 19.9 Å². The summed E-state index contributed by atoms with van der Waals surface area (Å²) < 4.78 is 10.3. The Bertz CT molecular complexity index is 557. The Labute approximate surface area is 121 Å². The lowest BCUT2D eigenvalue weighted by molar-refractivity contribution is -0.133. The van der Waals surface area contributed by atoms with Gasteiger partial charge >= 0.3 is 0 Å². The van der Waals surface area contributed by atoms with E-state index in [0.717, 1.165) is 4.90 Å². The zero-order chi connectivity index (χ0) is 14.7. The Morgan fingerprint density at radius 3 is 2.40 bits per heavy atom. The molecule has 20 heavy (non-hydrogen) atoms. The summed E-state index contributed by atoms with van der Waals surface area (Å²) in [5.41, 5.74) is 0.532. The van der Waals surface area contributed by atoms with Crippen LogP contribution in [0.25, 0.3) is 0 Å². The van der Waals surface area contributed by atoms with Crippen molar-refractivity contribution in [3.05, 3.63) is 18.2 Å². The number of ether oxygens (including phenoxy) is 2. The molecular formula is C13H14N2O4S. The largest absolute Gasteiger partial charge is 0.497 e. The highest BCUT2D eigenvalue weighted by atomic mass is 32.1. The SMILES string of the molecule is COc1ccc(OC)c(NC(=S)N2C(=O)CCC2=O)c1. The van der Waals surface area contributed by atoms with Crippen molar-refractivity contribution in [2.45, 2.75) is 12.8 Å². The van der Waals surface area contributed by atoms with Crippen molar-refractivity contribution in [1.29, 1.82) is 0 Å². The first-order chi connectivity index (χ1) is 9.56. The van der Waals surface area contributed by atoms with Crippen LogP contribution in [0.2, 0.25) is 0 Å². The highest BCUT2D eigenvalue weighted by Crippen LogP contribution is 2.29. The zero-order valence-corrected chi connectivity index (χ0v) is 12.0. The third-order valence-corrected chi connectivity index (χ3v) is 3.19. The molecule has 1 fully saturated rings. The van der Waals surface area contributed by atoms with Gasteiger partial charge in [-0.25, -0.2) is 4.90 Å². The van der Waals surface area contributed by atoms with Gasteiger partial charge in [-0.05, 0) is 24.4 Å². The Morgan fingerprint density at radius 1 is 1.20 bits per heavy atom. The molecule has 1 aromatic rings. The van der Waals surface area contributed by atoms with Crippen molar-refractivity contribution in [2.75, 3.05) is 19.5 Å². The summed E-state index contributed by atoms with van der Waals surface area (Å²) in [5.74, 6) is 0.547. The lowest BCUT2D eigenvalue weighted by Gasteiger charge is -2.18. The molecule has 6 nitrogen and oxygen atoms in total. The van der Waals surface area contributed by atoms with E-state index in [1.54, 1.807) is 18.2 Å². The number of amides is 2. The number of methoxy groups -OCH3 is 2. The van der Waals surface area contributed by atoms with Crippen LogP contribution in [0.3, 0.4) is 0 Å². The molecule has 106 valence electrons. The second-order valence-electron chi connectivity index (χ2n) is 4.12. The lowest BCUT2D eigenvalue weighted by Crippen LogP contribution is -2.38. The molecule has 2 amide bonds. The minimum Gasteiger partial charge on any atom is -0.497 e. The van der Waals surface area contributed by atoms with Crippen LogP contribution >= 0.6 is 12.2 Å². The van der Waals surface area contributed by atoms with Crippen LogP contribution in [0.15, 0.2) is 18.2 Å². The van der Waals surface area contributed by atoms with E-state index >= 15 is 0 Å².